The lowest BCUT2D eigenvalue weighted by molar-refractivity contribution is -0.153. The van der Waals surface area contributed by atoms with Crippen molar-refractivity contribution in [1.82, 2.24) is 0 Å². The van der Waals surface area contributed by atoms with Crippen molar-refractivity contribution in [3.05, 3.63) is 28.3 Å². The van der Waals surface area contributed by atoms with Crippen LogP contribution in [0.25, 0.3) is 0 Å². The first-order valence-corrected chi connectivity index (χ1v) is 7.29. The number of carbonyl (C=O) groups excluding carboxylic acids is 1. The topological polar surface area (TPSA) is 26.3 Å². The number of aryl methyl sites for hydroxylation is 2. The van der Waals surface area contributed by atoms with Crippen LogP contribution in [0.4, 0.5) is 0 Å². The van der Waals surface area contributed by atoms with E-state index < -0.39 is 0 Å². The standard InChI is InChI=1S/C16H21ClO2/c1-5-16(6-2)13(18)9-14(16)19-15-10(3)7-12(17)8-11(15)4/h7-8,14H,5-6,9H2,1-4H3. The Kier molecular flexibility index (Phi) is 3.91. The van der Waals surface area contributed by atoms with E-state index in [4.69, 9.17) is 16.3 Å². The van der Waals surface area contributed by atoms with Crippen LogP contribution in [0.15, 0.2) is 12.1 Å². The van der Waals surface area contributed by atoms with Crippen LogP contribution in [0.1, 0.15) is 44.2 Å². The maximum absolute atomic E-state index is 11.9. The Morgan fingerprint density at radius 3 is 2.21 bits per heavy atom. The molecule has 0 radical (unpaired) electrons. The Labute approximate surface area is 120 Å². The number of halogens is 1. The van der Waals surface area contributed by atoms with Gasteiger partial charge in [-0.2, -0.15) is 0 Å². The molecular weight excluding hydrogens is 260 g/mol. The third-order valence-electron chi connectivity index (χ3n) is 4.49. The molecular formula is C16H21ClO2. The molecule has 0 amide bonds. The summed E-state index contributed by atoms with van der Waals surface area (Å²) < 4.78 is 6.16. The summed E-state index contributed by atoms with van der Waals surface area (Å²) in [6.45, 7) is 8.12. The molecule has 104 valence electrons. The normalized spacial score (nSPS) is 21.1. The fourth-order valence-corrected chi connectivity index (χ4v) is 3.42. The SMILES string of the molecule is CCC1(CC)C(=O)CC1Oc1c(C)cc(Cl)cc1C. The van der Waals surface area contributed by atoms with Gasteiger partial charge >= 0.3 is 0 Å². The molecule has 0 N–H and O–H groups in total. The monoisotopic (exact) mass is 280 g/mol. The van der Waals surface area contributed by atoms with Crippen molar-refractivity contribution < 1.29 is 9.53 Å². The highest BCUT2D eigenvalue weighted by Gasteiger charge is 2.54. The third-order valence-corrected chi connectivity index (χ3v) is 4.71. The molecule has 1 fully saturated rings. The first-order valence-electron chi connectivity index (χ1n) is 6.91. The van der Waals surface area contributed by atoms with E-state index in [9.17, 15) is 4.79 Å². The molecule has 0 aromatic heterocycles. The minimum atomic E-state index is -0.279. The Balaban J connectivity index is 2.26. The minimum absolute atomic E-state index is 0.00794. The van der Waals surface area contributed by atoms with E-state index in [0.29, 0.717) is 12.2 Å². The molecule has 0 spiro atoms. The highest BCUT2D eigenvalue weighted by Crippen LogP contribution is 2.46. The van der Waals surface area contributed by atoms with E-state index in [2.05, 4.69) is 13.8 Å². The third kappa shape index (κ3) is 2.27. The van der Waals surface area contributed by atoms with Gasteiger partial charge in [0.15, 0.2) is 0 Å². The largest absolute Gasteiger partial charge is 0.488 e. The summed E-state index contributed by atoms with van der Waals surface area (Å²) in [6.07, 6.45) is 2.23. The van der Waals surface area contributed by atoms with Gasteiger partial charge in [-0.1, -0.05) is 25.4 Å². The summed E-state index contributed by atoms with van der Waals surface area (Å²) in [6, 6.07) is 3.81. The number of Topliss-reactive ketones (excluding diaryl/α,β-unsaturated/α-hetero) is 1. The Hall–Kier alpha value is -1.02. The Bertz CT molecular complexity index is 480. The van der Waals surface area contributed by atoms with Gasteiger partial charge in [0.25, 0.3) is 0 Å². The molecule has 1 aromatic carbocycles. The zero-order valence-electron chi connectivity index (χ0n) is 12.0. The lowest BCUT2D eigenvalue weighted by Gasteiger charge is -2.46. The van der Waals surface area contributed by atoms with Crippen LogP contribution in [0.2, 0.25) is 5.02 Å². The highest BCUT2D eigenvalue weighted by atomic mass is 35.5. The van der Waals surface area contributed by atoms with Crippen molar-refractivity contribution in [3.63, 3.8) is 0 Å². The van der Waals surface area contributed by atoms with Gasteiger partial charge in [0.1, 0.15) is 17.6 Å². The van der Waals surface area contributed by atoms with Crippen molar-refractivity contribution >= 4 is 17.4 Å². The van der Waals surface area contributed by atoms with E-state index >= 15 is 0 Å². The first kappa shape index (κ1) is 14.4. The van der Waals surface area contributed by atoms with Crippen LogP contribution in [-0.4, -0.2) is 11.9 Å². The van der Waals surface area contributed by atoms with Crippen LogP contribution in [-0.2, 0) is 4.79 Å². The number of hydrogen-bond donors (Lipinski definition) is 0. The fourth-order valence-electron chi connectivity index (χ4n) is 3.10. The molecule has 1 atom stereocenters. The average molecular weight is 281 g/mol. The molecule has 0 aliphatic heterocycles. The second kappa shape index (κ2) is 5.16. The number of ketones is 1. The number of ether oxygens (including phenoxy) is 1. The van der Waals surface area contributed by atoms with E-state index in [1.54, 1.807) is 0 Å². The van der Waals surface area contributed by atoms with Gasteiger partial charge in [0.2, 0.25) is 0 Å². The summed E-state index contributed by atoms with van der Waals surface area (Å²) in [7, 11) is 0. The van der Waals surface area contributed by atoms with Crippen LogP contribution in [0.5, 0.6) is 5.75 Å². The molecule has 1 aliphatic rings. The molecule has 0 heterocycles. The molecule has 0 bridgehead atoms. The van der Waals surface area contributed by atoms with E-state index in [-0.39, 0.29) is 11.5 Å². The summed E-state index contributed by atoms with van der Waals surface area (Å²) >= 11 is 6.03. The molecule has 1 unspecified atom stereocenters. The van der Waals surface area contributed by atoms with Gasteiger partial charge in [0, 0.05) is 11.4 Å². The van der Waals surface area contributed by atoms with Crippen molar-refractivity contribution in [2.45, 2.75) is 53.1 Å². The molecule has 19 heavy (non-hydrogen) atoms. The van der Waals surface area contributed by atoms with Crippen molar-refractivity contribution in [3.8, 4) is 5.75 Å². The van der Waals surface area contributed by atoms with E-state index in [0.717, 1.165) is 34.7 Å². The number of carbonyl (C=O) groups is 1. The van der Waals surface area contributed by atoms with Gasteiger partial charge in [-0.15, -0.1) is 0 Å². The lowest BCUT2D eigenvalue weighted by atomic mass is 9.61. The number of benzene rings is 1. The van der Waals surface area contributed by atoms with E-state index in [1.807, 2.05) is 26.0 Å². The molecule has 2 rings (SSSR count). The van der Waals surface area contributed by atoms with Gasteiger partial charge in [-0.25, -0.2) is 0 Å². The molecule has 3 heteroatoms. The van der Waals surface area contributed by atoms with Gasteiger partial charge < -0.3 is 4.74 Å². The lowest BCUT2D eigenvalue weighted by Crippen LogP contribution is -2.56. The van der Waals surface area contributed by atoms with Crippen LogP contribution in [0, 0.1) is 19.3 Å². The quantitative estimate of drug-likeness (QED) is 0.813. The summed E-state index contributed by atoms with van der Waals surface area (Å²) in [5, 5.41) is 0.726. The number of hydrogen-bond acceptors (Lipinski definition) is 2. The number of rotatable bonds is 4. The second-order valence-corrected chi connectivity index (χ2v) is 5.90. The fraction of sp³-hybridized carbons (Fsp3) is 0.562. The van der Waals surface area contributed by atoms with Crippen molar-refractivity contribution in [2.75, 3.05) is 0 Å². The highest BCUT2D eigenvalue weighted by molar-refractivity contribution is 6.30. The molecule has 1 saturated carbocycles. The summed E-state index contributed by atoms with van der Waals surface area (Å²) in [5.41, 5.74) is 1.79. The molecule has 2 nitrogen and oxygen atoms in total. The zero-order valence-corrected chi connectivity index (χ0v) is 12.8. The molecule has 1 aromatic rings. The first-order chi connectivity index (χ1) is 8.94. The summed E-state index contributed by atoms with van der Waals surface area (Å²) in [5.74, 6) is 1.22. The zero-order chi connectivity index (χ0) is 14.2. The van der Waals surface area contributed by atoms with E-state index in [1.165, 1.54) is 0 Å². The maximum Gasteiger partial charge on any atom is 0.146 e. The Morgan fingerprint density at radius 2 is 1.79 bits per heavy atom. The minimum Gasteiger partial charge on any atom is -0.488 e. The predicted molar refractivity (Wildman–Crippen MR) is 78.0 cm³/mol. The summed E-state index contributed by atoms with van der Waals surface area (Å²) in [4.78, 5) is 11.9. The predicted octanol–water partition coefficient (Wildman–Crippen LogP) is 4.48. The van der Waals surface area contributed by atoms with Crippen LogP contribution >= 0.6 is 11.6 Å². The maximum atomic E-state index is 11.9. The second-order valence-electron chi connectivity index (χ2n) is 5.47. The average Bonchev–Trinajstić information content (AvgIpc) is 2.33. The van der Waals surface area contributed by atoms with Gasteiger partial charge in [-0.05, 0) is 49.9 Å². The van der Waals surface area contributed by atoms with Crippen LogP contribution < -0.4 is 4.74 Å². The smallest absolute Gasteiger partial charge is 0.146 e. The molecule has 1 aliphatic carbocycles. The van der Waals surface area contributed by atoms with Gasteiger partial charge in [0.05, 0.1) is 5.41 Å². The van der Waals surface area contributed by atoms with Gasteiger partial charge in [-0.3, -0.25) is 4.79 Å². The Morgan fingerprint density at radius 1 is 1.26 bits per heavy atom. The van der Waals surface area contributed by atoms with Crippen molar-refractivity contribution in [1.29, 1.82) is 0 Å². The molecule has 0 saturated heterocycles. The van der Waals surface area contributed by atoms with Crippen LogP contribution in [0.3, 0.4) is 0 Å². The van der Waals surface area contributed by atoms with Crippen molar-refractivity contribution in [2.24, 2.45) is 5.41 Å².